The normalized spacial score (nSPS) is 18.2. The minimum atomic E-state index is 0.778. The fraction of sp³-hybridized carbons (Fsp3) is 0.692. The molecule has 1 aromatic heterocycles. The molecule has 17 heavy (non-hydrogen) atoms. The Kier molecular flexibility index (Phi) is 4.31. The van der Waals surface area contributed by atoms with E-state index >= 15 is 0 Å². The van der Waals surface area contributed by atoms with Gasteiger partial charge in [0.25, 0.3) is 0 Å². The first-order chi connectivity index (χ1) is 8.28. The van der Waals surface area contributed by atoms with Gasteiger partial charge in [0.15, 0.2) is 0 Å². The molecule has 1 N–H and O–H groups in total. The zero-order valence-corrected chi connectivity index (χ0v) is 10.8. The number of anilines is 1. The van der Waals surface area contributed by atoms with Crippen LogP contribution in [0.3, 0.4) is 0 Å². The van der Waals surface area contributed by atoms with Gasteiger partial charge in [0.05, 0.1) is 6.20 Å². The molecule has 1 aromatic rings. The van der Waals surface area contributed by atoms with Crippen molar-refractivity contribution in [1.82, 2.24) is 15.1 Å². The highest BCUT2D eigenvalue weighted by molar-refractivity contribution is 5.34. The lowest BCUT2D eigenvalue weighted by molar-refractivity contribution is 0.198. The standard InChI is InChI=1S/C13H22N4/c1-3-17-6-4-12(5-7-17)10-14-13-8-11(2)9-15-16-13/h8-9,12H,3-7,10H2,1-2H3,(H,14,16). The quantitative estimate of drug-likeness (QED) is 0.864. The van der Waals surface area contributed by atoms with Crippen LogP contribution in [-0.4, -0.2) is 41.3 Å². The number of aromatic nitrogens is 2. The predicted octanol–water partition coefficient (Wildman–Crippen LogP) is 1.93. The lowest BCUT2D eigenvalue weighted by Gasteiger charge is -2.31. The van der Waals surface area contributed by atoms with E-state index in [0.717, 1.165) is 23.8 Å². The molecule has 94 valence electrons. The maximum Gasteiger partial charge on any atom is 0.148 e. The molecule has 4 heteroatoms. The van der Waals surface area contributed by atoms with Crippen LogP contribution in [0.5, 0.6) is 0 Å². The van der Waals surface area contributed by atoms with Crippen LogP contribution in [-0.2, 0) is 0 Å². The van der Waals surface area contributed by atoms with Gasteiger partial charge in [0.2, 0.25) is 0 Å². The first-order valence-corrected chi connectivity index (χ1v) is 6.53. The van der Waals surface area contributed by atoms with Crippen LogP contribution in [0.4, 0.5) is 5.82 Å². The van der Waals surface area contributed by atoms with Gasteiger partial charge in [0.1, 0.15) is 5.82 Å². The summed E-state index contributed by atoms with van der Waals surface area (Å²) >= 11 is 0. The van der Waals surface area contributed by atoms with Crippen LogP contribution in [0.1, 0.15) is 25.3 Å². The van der Waals surface area contributed by atoms with Crippen LogP contribution in [0.15, 0.2) is 12.3 Å². The highest BCUT2D eigenvalue weighted by atomic mass is 15.2. The molecule has 0 aliphatic carbocycles. The average molecular weight is 234 g/mol. The Labute approximate surface area is 103 Å². The summed E-state index contributed by atoms with van der Waals surface area (Å²) in [7, 11) is 0. The van der Waals surface area contributed by atoms with E-state index < -0.39 is 0 Å². The van der Waals surface area contributed by atoms with Crippen molar-refractivity contribution in [2.45, 2.75) is 26.7 Å². The molecule has 4 nitrogen and oxygen atoms in total. The zero-order chi connectivity index (χ0) is 12.1. The summed E-state index contributed by atoms with van der Waals surface area (Å²) in [6, 6.07) is 2.05. The Balaban J connectivity index is 1.76. The molecule has 0 unspecified atom stereocenters. The maximum atomic E-state index is 4.08. The second-order valence-electron chi connectivity index (χ2n) is 4.88. The molecule has 1 aliphatic rings. The molecule has 0 amide bonds. The molecule has 0 bridgehead atoms. The van der Waals surface area contributed by atoms with Crippen LogP contribution >= 0.6 is 0 Å². The highest BCUT2D eigenvalue weighted by Crippen LogP contribution is 2.17. The summed E-state index contributed by atoms with van der Waals surface area (Å²) in [5.74, 6) is 1.68. The smallest absolute Gasteiger partial charge is 0.148 e. The van der Waals surface area contributed by atoms with Crippen molar-refractivity contribution in [3.8, 4) is 0 Å². The number of hydrogen-bond donors (Lipinski definition) is 1. The van der Waals surface area contributed by atoms with Gasteiger partial charge in [-0.3, -0.25) is 0 Å². The lowest BCUT2D eigenvalue weighted by atomic mass is 9.97. The number of likely N-dealkylation sites (tertiary alicyclic amines) is 1. The third-order valence-corrected chi connectivity index (χ3v) is 3.52. The molecule has 0 radical (unpaired) electrons. The van der Waals surface area contributed by atoms with Gasteiger partial charge in [0, 0.05) is 6.54 Å². The molecule has 0 spiro atoms. The number of piperidine rings is 1. The maximum absolute atomic E-state index is 4.08. The molecule has 0 aromatic carbocycles. The molecule has 1 saturated heterocycles. The van der Waals surface area contributed by atoms with Gasteiger partial charge in [-0.25, -0.2) is 0 Å². The van der Waals surface area contributed by atoms with E-state index in [-0.39, 0.29) is 0 Å². The van der Waals surface area contributed by atoms with Crippen molar-refractivity contribution in [2.24, 2.45) is 5.92 Å². The van der Waals surface area contributed by atoms with Crippen molar-refractivity contribution < 1.29 is 0 Å². The van der Waals surface area contributed by atoms with E-state index in [1.165, 1.54) is 32.5 Å². The van der Waals surface area contributed by atoms with E-state index in [1.54, 1.807) is 6.20 Å². The van der Waals surface area contributed by atoms with Crippen LogP contribution in [0.25, 0.3) is 0 Å². The molecule has 1 aliphatic heterocycles. The second-order valence-corrected chi connectivity index (χ2v) is 4.88. The topological polar surface area (TPSA) is 41.0 Å². The van der Waals surface area contributed by atoms with Gasteiger partial charge >= 0.3 is 0 Å². The van der Waals surface area contributed by atoms with E-state index in [1.807, 2.05) is 13.0 Å². The molecule has 2 rings (SSSR count). The van der Waals surface area contributed by atoms with Crippen molar-refractivity contribution in [1.29, 1.82) is 0 Å². The largest absolute Gasteiger partial charge is 0.368 e. The second kappa shape index (κ2) is 5.96. The third kappa shape index (κ3) is 3.66. The minimum absolute atomic E-state index is 0.778. The van der Waals surface area contributed by atoms with Crippen molar-refractivity contribution in [2.75, 3.05) is 31.5 Å². The van der Waals surface area contributed by atoms with E-state index in [2.05, 4.69) is 27.3 Å². The number of hydrogen-bond acceptors (Lipinski definition) is 4. The monoisotopic (exact) mass is 234 g/mol. The molecular weight excluding hydrogens is 212 g/mol. The van der Waals surface area contributed by atoms with Gasteiger partial charge < -0.3 is 10.2 Å². The summed E-state index contributed by atoms with van der Waals surface area (Å²) in [6.07, 6.45) is 4.37. The molecule has 1 fully saturated rings. The number of rotatable bonds is 4. The average Bonchev–Trinajstić information content (AvgIpc) is 2.37. The summed E-state index contributed by atoms with van der Waals surface area (Å²) < 4.78 is 0. The molecular formula is C13H22N4. The Morgan fingerprint density at radius 2 is 2.18 bits per heavy atom. The van der Waals surface area contributed by atoms with Gasteiger partial charge in [-0.05, 0) is 56.9 Å². The summed E-state index contributed by atoms with van der Waals surface area (Å²) in [6.45, 7) is 8.96. The minimum Gasteiger partial charge on any atom is -0.368 e. The van der Waals surface area contributed by atoms with Gasteiger partial charge in [-0.2, -0.15) is 5.10 Å². The number of nitrogens with zero attached hydrogens (tertiary/aromatic N) is 3. The van der Waals surface area contributed by atoms with Gasteiger partial charge in [-0.1, -0.05) is 6.92 Å². The van der Waals surface area contributed by atoms with Crippen LogP contribution in [0, 0.1) is 12.8 Å². The Hall–Kier alpha value is -1.16. The molecule has 2 heterocycles. The fourth-order valence-corrected chi connectivity index (χ4v) is 2.31. The predicted molar refractivity (Wildman–Crippen MR) is 70.1 cm³/mol. The molecule has 0 atom stereocenters. The van der Waals surface area contributed by atoms with Crippen LogP contribution in [0.2, 0.25) is 0 Å². The fourth-order valence-electron chi connectivity index (χ4n) is 2.31. The summed E-state index contributed by atoms with van der Waals surface area (Å²) in [5.41, 5.74) is 1.16. The number of nitrogens with one attached hydrogen (secondary N) is 1. The first kappa shape index (κ1) is 12.3. The summed E-state index contributed by atoms with van der Waals surface area (Å²) in [4.78, 5) is 2.52. The highest BCUT2D eigenvalue weighted by Gasteiger charge is 2.17. The molecule has 0 saturated carbocycles. The zero-order valence-electron chi connectivity index (χ0n) is 10.8. The van der Waals surface area contributed by atoms with Crippen molar-refractivity contribution in [3.63, 3.8) is 0 Å². The van der Waals surface area contributed by atoms with Crippen molar-refractivity contribution >= 4 is 5.82 Å². The first-order valence-electron chi connectivity index (χ1n) is 6.53. The summed E-state index contributed by atoms with van der Waals surface area (Å²) in [5, 5.41) is 11.4. The van der Waals surface area contributed by atoms with Crippen molar-refractivity contribution in [3.05, 3.63) is 17.8 Å². The third-order valence-electron chi connectivity index (χ3n) is 3.52. The Morgan fingerprint density at radius 1 is 1.41 bits per heavy atom. The SMILES string of the molecule is CCN1CCC(CNc2cc(C)cnn2)CC1. The van der Waals surface area contributed by atoms with Gasteiger partial charge in [-0.15, -0.1) is 5.10 Å². The van der Waals surface area contributed by atoms with E-state index in [0.29, 0.717) is 0 Å². The number of aryl methyl sites for hydroxylation is 1. The Bertz CT molecular complexity index is 345. The van der Waals surface area contributed by atoms with E-state index in [4.69, 9.17) is 0 Å². The van der Waals surface area contributed by atoms with E-state index in [9.17, 15) is 0 Å². The lowest BCUT2D eigenvalue weighted by Crippen LogP contribution is -2.35. The van der Waals surface area contributed by atoms with Crippen LogP contribution < -0.4 is 5.32 Å². The Morgan fingerprint density at radius 3 is 2.82 bits per heavy atom.